The van der Waals surface area contributed by atoms with E-state index in [-0.39, 0.29) is 37.0 Å². The van der Waals surface area contributed by atoms with Crippen molar-refractivity contribution in [1.82, 2.24) is 9.80 Å². The van der Waals surface area contributed by atoms with Gasteiger partial charge in [0, 0.05) is 12.6 Å². The lowest BCUT2D eigenvalue weighted by molar-refractivity contribution is -0.165. The molecule has 0 aromatic heterocycles. The van der Waals surface area contributed by atoms with Crippen molar-refractivity contribution in [2.45, 2.75) is 121 Å². The van der Waals surface area contributed by atoms with Gasteiger partial charge in [-0.15, -0.1) is 13.2 Å². The van der Waals surface area contributed by atoms with E-state index in [1.165, 1.54) is 0 Å². The Labute approximate surface area is 240 Å². The zero-order valence-electron chi connectivity index (χ0n) is 24.8. The number of nitrogens with zero attached hydrogens (tertiary/aromatic N) is 2. The first-order valence-corrected chi connectivity index (χ1v) is 15.6. The number of allylic oxidation sites excluding steroid dienone is 1. The molecule has 2 unspecified atom stereocenters. The number of amides is 2. The molecule has 7 atom stereocenters. The van der Waals surface area contributed by atoms with Crippen LogP contribution in [-0.4, -0.2) is 81.8 Å². The Hall–Kier alpha value is -2.19. The molecule has 40 heavy (non-hydrogen) atoms. The quantitative estimate of drug-likeness (QED) is 0.193. The Balaban J connectivity index is 1.78. The van der Waals surface area contributed by atoms with Gasteiger partial charge < -0.3 is 24.4 Å². The summed E-state index contributed by atoms with van der Waals surface area (Å²) in [6, 6.07) is -1.37. The van der Waals surface area contributed by atoms with Crippen molar-refractivity contribution in [3.63, 3.8) is 0 Å². The molecule has 1 saturated carbocycles. The number of unbranched alkanes of at least 4 members (excludes halogenated alkanes) is 1. The monoisotopic (exact) mass is 558 g/mol. The summed E-state index contributed by atoms with van der Waals surface area (Å²) in [7, 11) is 0. The molecule has 1 N–H and O–H groups in total. The highest BCUT2D eigenvalue weighted by Gasteiger charge is 2.79. The molecule has 0 radical (unpaired) electrons. The molecule has 4 fully saturated rings. The smallest absolute Gasteiger partial charge is 0.312 e. The van der Waals surface area contributed by atoms with Crippen LogP contribution in [0.1, 0.15) is 91.4 Å². The predicted octanol–water partition coefficient (Wildman–Crippen LogP) is 4.40. The van der Waals surface area contributed by atoms with Crippen LogP contribution in [0.15, 0.2) is 25.3 Å². The number of rotatable bonds is 14. The molecule has 0 aromatic rings. The lowest BCUT2D eigenvalue weighted by Crippen LogP contribution is -2.61. The maximum absolute atomic E-state index is 14.8. The normalized spacial score (nSPS) is 33.0. The van der Waals surface area contributed by atoms with Gasteiger partial charge in [-0.1, -0.05) is 58.6 Å². The van der Waals surface area contributed by atoms with E-state index >= 15 is 0 Å². The Kier molecular flexibility index (Phi) is 9.82. The number of carbonyl (C=O) groups is 3. The minimum absolute atomic E-state index is 0.0383. The molecular formula is C32H50N2O6. The van der Waals surface area contributed by atoms with E-state index in [9.17, 15) is 19.5 Å². The van der Waals surface area contributed by atoms with Gasteiger partial charge in [-0.3, -0.25) is 14.4 Å². The van der Waals surface area contributed by atoms with Crippen LogP contribution in [0.5, 0.6) is 0 Å². The summed E-state index contributed by atoms with van der Waals surface area (Å²) in [4.78, 5) is 46.5. The van der Waals surface area contributed by atoms with Crippen molar-refractivity contribution in [3.8, 4) is 0 Å². The van der Waals surface area contributed by atoms with Gasteiger partial charge in [-0.2, -0.15) is 0 Å². The molecule has 8 heteroatoms. The van der Waals surface area contributed by atoms with Crippen LogP contribution < -0.4 is 0 Å². The number of likely N-dealkylation sites (tertiary alicyclic amines) is 1. The fraction of sp³-hybridized carbons (Fsp3) is 0.781. The summed E-state index contributed by atoms with van der Waals surface area (Å²) in [5, 5.41) is 10.6. The number of aliphatic hydroxyl groups excluding tert-OH is 1. The lowest BCUT2D eigenvalue weighted by atomic mass is 9.65. The molecule has 4 rings (SSSR count). The fourth-order valence-electron chi connectivity index (χ4n) is 8.06. The van der Waals surface area contributed by atoms with E-state index in [2.05, 4.69) is 13.2 Å². The molecule has 1 aliphatic carbocycles. The van der Waals surface area contributed by atoms with Crippen molar-refractivity contribution >= 4 is 17.8 Å². The highest BCUT2D eigenvalue weighted by atomic mass is 16.6. The topological polar surface area (TPSA) is 96.4 Å². The van der Waals surface area contributed by atoms with E-state index in [1.54, 1.807) is 17.1 Å². The molecule has 2 bridgehead atoms. The van der Waals surface area contributed by atoms with Crippen LogP contribution in [0.4, 0.5) is 0 Å². The number of fused-ring (bicyclic) bond motifs is 1. The first-order valence-electron chi connectivity index (χ1n) is 15.6. The minimum Gasteiger partial charge on any atom is -0.465 e. The van der Waals surface area contributed by atoms with E-state index in [1.807, 2.05) is 25.7 Å². The maximum atomic E-state index is 14.8. The average Bonchev–Trinajstić information content (AvgIpc) is 3.58. The molecule has 0 aromatic carbocycles. The van der Waals surface area contributed by atoms with Crippen LogP contribution in [0, 0.1) is 17.8 Å². The Bertz CT molecular complexity index is 963. The highest BCUT2D eigenvalue weighted by molar-refractivity contribution is 5.99. The minimum atomic E-state index is -1.12. The van der Waals surface area contributed by atoms with Crippen molar-refractivity contribution in [3.05, 3.63) is 25.3 Å². The van der Waals surface area contributed by atoms with Gasteiger partial charge in [-0.05, 0) is 50.9 Å². The molecule has 3 aliphatic heterocycles. The molecular weight excluding hydrogens is 508 g/mol. The largest absolute Gasteiger partial charge is 0.465 e. The summed E-state index contributed by atoms with van der Waals surface area (Å²) >= 11 is 0. The summed E-state index contributed by atoms with van der Waals surface area (Å²) in [5.74, 6) is -2.44. The molecule has 224 valence electrons. The first-order chi connectivity index (χ1) is 19.3. The number of ether oxygens (including phenoxy) is 2. The van der Waals surface area contributed by atoms with Gasteiger partial charge in [0.1, 0.15) is 17.6 Å². The van der Waals surface area contributed by atoms with E-state index in [4.69, 9.17) is 9.47 Å². The Morgan fingerprint density at radius 3 is 2.52 bits per heavy atom. The van der Waals surface area contributed by atoms with Gasteiger partial charge >= 0.3 is 5.97 Å². The molecule has 3 saturated heterocycles. The summed E-state index contributed by atoms with van der Waals surface area (Å²) in [6.45, 7) is 14.1. The van der Waals surface area contributed by atoms with Crippen LogP contribution in [0.3, 0.4) is 0 Å². The third kappa shape index (κ3) is 5.04. The van der Waals surface area contributed by atoms with Gasteiger partial charge in [-0.25, -0.2) is 0 Å². The van der Waals surface area contributed by atoms with E-state index in [0.717, 1.165) is 44.9 Å². The van der Waals surface area contributed by atoms with Crippen LogP contribution in [-0.2, 0) is 23.9 Å². The second-order valence-electron chi connectivity index (χ2n) is 12.4. The zero-order chi connectivity index (χ0) is 29.1. The zero-order valence-corrected chi connectivity index (χ0v) is 24.8. The fourth-order valence-corrected chi connectivity index (χ4v) is 8.06. The molecule has 2 amide bonds. The number of hydrogen-bond donors (Lipinski definition) is 1. The number of esters is 1. The maximum Gasteiger partial charge on any atom is 0.312 e. The van der Waals surface area contributed by atoms with Crippen molar-refractivity contribution in [2.24, 2.45) is 17.8 Å². The van der Waals surface area contributed by atoms with Gasteiger partial charge in [0.05, 0.1) is 30.8 Å². The van der Waals surface area contributed by atoms with E-state index < -0.39 is 41.1 Å². The first kappa shape index (κ1) is 30.8. The third-order valence-corrected chi connectivity index (χ3v) is 10.4. The van der Waals surface area contributed by atoms with Gasteiger partial charge in [0.2, 0.25) is 11.8 Å². The third-order valence-electron chi connectivity index (χ3n) is 10.4. The average molecular weight is 559 g/mol. The Morgan fingerprint density at radius 1 is 1.20 bits per heavy atom. The number of aliphatic hydroxyl groups is 1. The lowest BCUT2D eigenvalue weighted by Gasteiger charge is -2.43. The van der Waals surface area contributed by atoms with Crippen molar-refractivity contribution in [1.29, 1.82) is 0 Å². The molecule has 8 nitrogen and oxygen atoms in total. The van der Waals surface area contributed by atoms with Crippen molar-refractivity contribution < 1.29 is 29.0 Å². The second-order valence-corrected chi connectivity index (χ2v) is 12.4. The SMILES string of the molecule is C=CCCCOC(=O)[C@@H]1[C@H]2C(=O)N([C@@H](CO)[C@@H](C)CC)C(C(=O)N(CC=C)C3CCCCC3)C23CC[C@@]1(CC)O3. The molecule has 1 spiro atoms. The number of carbonyl (C=O) groups excluding carboxylic acids is 3. The van der Waals surface area contributed by atoms with Crippen LogP contribution in [0.2, 0.25) is 0 Å². The predicted molar refractivity (Wildman–Crippen MR) is 153 cm³/mol. The van der Waals surface area contributed by atoms with E-state index in [0.29, 0.717) is 32.2 Å². The molecule has 4 aliphatic rings. The highest BCUT2D eigenvalue weighted by Crippen LogP contribution is 2.65. The van der Waals surface area contributed by atoms with Gasteiger partial charge in [0.25, 0.3) is 0 Å². The number of hydrogen-bond acceptors (Lipinski definition) is 6. The Morgan fingerprint density at radius 2 is 1.93 bits per heavy atom. The van der Waals surface area contributed by atoms with Gasteiger partial charge in [0.15, 0.2) is 0 Å². The molecule has 3 heterocycles. The summed E-state index contributed by atoms with van der Waals surface area (Å²) in [5.41, 5.74) is -1.95. The summed E-state index contributed by atoms with van der Waals surface area (Å²) in [6.07, 6.45) is 12.5. The standard InChI is InChI=1S/C32H50N2O6/c1-6-10-14-20-39-30(38)26-25-28(36)34(24(21-35)22(5)8-3)27(32(25)18-17-31(26,9-4)40-32)29(37)33(19-7-2)23-15-12-11-13-16-23/h6-7,22-27,35H,1-2,8-21H2,3-5H3/t22-,24-,25-,26-,27?,31+,32?/m0/s1. The van der Waals surface area contributed by atoms with Crippen LogP contribution >= 0.6 is 0 Å². The van der Waals surface area contributed by atoms with Crippen LogP contribution in [0.25, 0.3) is 0 Å². The second kappa shape index (κ2) is 12.8. The van der Waals surface area contributed by atoms with Crippen molar-refractivity contribution in [2.75, 3.05) is 19.8 Å². The summed E-state index contributed by atoms with van der Waals surface area (Å²) < 4.78 is 12.6.